The van der Waals surface area contributed by atoms with E-state index in [1.807, 2.05) is 32.0 Å². The number of nitrogens with one attached hydrogen (secondary N) is 1. The SMILES string of the molecule is CC(C)NC(=O)[C@H](c1ccccc1)N1CCCN2CCC[C@@H]2C1. The van der Waals surface area contributed by atoms with E-state index in [0.717, 1.165) is 25.1 Å². The van der Waals surface area contributed by atoms with Crippen molar-refractivity contribution in [3.63, 3.8) is 0 Å². The molecule has 4 heteroatoms. The molecule has 126 valence electrons. The first kappa shape index (κ1) is 16.5. The first-order valence-corrected chi connectivity index (χ1v) is 8.98. The van der Waals surface area contributed by atoms with Gasteiger partial charge in [-0.25, -0.2) is 0 Å². The molecule has 0 aliphatic carbocycles. The molecule has 1 aromatic rings. The summed E-state index contributed by atoms with van der Waals surface area (Å²) in [5, 5.41) is 3.12. The molecule has 0 aromatic heterocycles. The molecule has 23 heavy (non-hydrogen) atoms. The van der Waals surface area contributed by atoms with Crippen LogP contribution in [0.25, 0.3) is 0 Å². The van der Waals surface area contributed by atoms with Gasteiger partial charge in [0.1, 0.15) is 6.04 Å². The van der Waals surface area contributed by atoms with E-state index >= 15 is 0 Å². The number of hydrogen-bond donors (Lipinski definition) is 1. The minimum absolute atomic E-state index is 0.137. The fraction of sp³-hybridized carbons (Fsp3) is 0.632. The highest BCUT2D eigenvalue weighted by atomic mass is 16.2. The molecule has 2 heterocycles. The van der Waals surface area contributed by atoms with Gasteiger partial charge in [0.2, 0.25) is 5.91 Å². The van der Waals surface area contributed by atoms with Crippen molar-refractivity contribution in [2.24, 2.45) is 0 Å². The molecular weight excluding hydrogens is 286 g/mol. The third-order valence-electron chi connectivity index (χ3n) is 4.99. The number of fused-ring (bicyclic) bond motifs is 1. The lowest BCUT2D eigenvalue weighted by atomic mass is 10.0. The maximum Gasteiger partial charge on any atom is 0.242 e. The molecule has 2 aliphatic heterocycles. The van der Waals surface area contributed by atoms with Gasteiger partial charge in [-0.15, -0.1) is 0 Å². The van der Waals surface area contributed by atoms with Gasteiger partial charge in [0.25, 0.3) is 0 Å². The Morgan fingerprint density at radius 2 is 1.87 bits per heavy atom. The minimum atomic E-state index is -0.167. The summed E-state index contributed by atoms with van der Waals surface area (Å²) in [6.07, 6.45) is 3.71. The van der Waals surface area contributed by atoms with Gasteiger partial charge in [0.05, 0.1) is 0 Å². The maximum atomic E-state index is 12.9. The second-order valence-corrected chi connectivity index (χ2v) is 7.16. The van der Waals surface area contributed by atoms with Gasteiger partial charge >= 0.3 is 0 Å². The van der Waals surface area contributed by atoms with Gasteiger partial charge in [0.15, 0.2) is 0 Å². The highest BCUT2D eigenvalue weighted by molar-refractivity contribution is 5.83. The fourth-order valence-electron chi connectivity index (χ4n) is 4.00. The zero-order valence-corrected chi connectivity index (χ0v) is 14.4. The van der Waals surface area contributed by atoms with Gasteiger partial charge in [-0.05, 0) is 51.8 Å². The molecule has 0 bridgehead atoms. The second-order valence-electron chi connectivity index (χ2n) is 7.16. The Hall–Kier alpha value is -1.39. The molecule has 2 aliphatic rings. The molecular formula is C19H29N3O. The fourth-order valence-corrected chi connectivity index (χ4v) is 4.00. The average molecular weight is 315 g/mol. The lowest BCUT2D eigenvalue weighted by molar-refractivity contribution is -0.127. The third kappa shape index (κ3) is 3.93. The second kappa shape index (κ2) is 7.45. The Bertz CT molecular complexity index is 517. The number of rotatable bonds is 4. The largest absolute Gasteiger partial charge is 0.352 e. The van der Waals surface area contributed by atoms with Crippen molar-refractivity contribution in [1.29, 1.82) is 0 Å². The molecule has 0 radical (unpaired) electrons. The number of carbonyl (C=O) groups is 1. The first-order chi connectivity index (χ1) is 11.1. The number of carbonyl (C=O) groups excluding carboxylic acids is 1. The van der Waals surface area contributed by atoms with Crippen LogP contribution in [0.2, 0.25) is 0 Å². The van der Waals surface area contributed by atoms with Crippen LogP contribution in [-0.2, 0) is 4.79 Å². The van der Waals surface area contributed by atoms with Crippen LogP contribution < -0.4 is 5.32 Å². The van der Waals surface area contributed by atoms with Crippen LogP contribution in [0.1, 0.15) is 44.7 Å². The summed E-state index contributed by atoms with van der Waals surface area (Å²) in [5.41, 5.74) is 1.11. The van der Waals surface area contributed by atoms with E-state index < -0.39 is 0 Å². The molecule has 0 unspecified atom stereocenters. The Morgan fingerprint density at radius 3 is 2.61 bits per heavy atom. The zero-order valence-electron chi connectivity index (χ0n) is 14.4. The third-order valence-corrected chi connectivity index (χ3v) is 4.99. The van der Waals surface area contributed by atoms with Gasteiger partial charge in [-0.3, -0.25) is 14.6 Å². The highest BCUT2D eigenvalue weighted by Crippen LogP contribution is 2.28. The molecule has 3 rings (SSSR count). The smallest absolute Gasteiger partial charge is 0.242 e. The minimum Gasteiger partial charge on any atom is -0.352 e. The normalized spacial score (nSPS) is 24.2. The van der Waals surface area contributed by atoms with Crippen molar-refractivity contribution >= 4 is 5.91 Å². The summed E-state index contributed by atoms with van der Waals surface area (Å²) in [7, 11) is 0. The lowest BCUT2D eigenvalue weighted by Crippen LogP contribution is -2.45. The van der Waals surface area contributed by atoms with E-state index in [0.29, 0.717) is 6.04 Å². The predicted molar refractivity (Wildman–Crippen MR) is 93.2 cm³/mol. The Balaban J connectivity index is 1.83. The van der Waals surface area contributed by atoms with E-state index in [2.05, 4.69) is 27.2 Å². The molecule has 2 fully saturated rings. The summed E-state index contributed by atoms with van der Waals surface area (Å²) in [5.74, 6) is 0.137. The molecule has 1 N–H and O–H groups in total. The van der Waals surface area contributed by atoms with Crippen molar-refractivity contribution in [2.75, 3.05) is 26.2 Å². The number of nitrogens with zero attached hydrogens (tertiary/aromatic N) is 2. The molecule has 4 nitrogen and oxygen atoms in total. The highest BCUT2D eigenvalue weighted by Gasteiger charge is 2.34. The summed E-state index contributed by atoms with van der Waals surface area (Å²) in [4.78, 5) is 17.9. The van der Waals surface area contributed by atoms with Crippen LogP contribution in [0.15, 0.2) is 30.3 Å². The van der Waals surface area contributed by atoms with Crippen molar-refractivity contribution in [3.05, 3.63) is 35.9 Å². The Kier molecular flexibility index (Phi) is 5.34. The van der Waals surface area contributed by atoms with Crippen LogP contribution >= 0.6 is 0 Å². The number of amides is 1. The Morgan fingerprint density at radius 1 is 1.13 bits per heavy atom. The van der Waals surface area contributed by atoms with Crippen LogP contribution in [-0.4, -0.2) is 54.0 Å². The van der Waals surface area contributed by atoms with E-state index in [1.165, 1.54) is 25.9 Å². The zero-order chi connectivity index (χ0) is 16.2. The number of hydrogen-bond acceptors (Lipinski definition) is 3. The van der Waals surface area contributed by atoms with Crippen molar-refractivity contribution in [2.45, 2.75) is 51.2 Å². The van der Waals surface area contributed by atoms with Crippen molar-refractivity contribution < 1.29 is 4.79 Å². The van der Waals surface area contributed by atoms with E-state index in [-0.39, 0.29) is 18.0 Å². The van der Waals surface area contributed by atoms with Gasteiger partial charge in [-0.2, -0.15) is 0 Å². The summed E-state index contributed by atoms with van der Waals surface area (Å²) < 4.78 is 0. The van der Waals surface area contributed by atoms with Crippen molar-refractivity contribution in [3.8, 4) is 0 Å². The predicted octanol–water partition coefficient (Wildman–Crippen LogP) is 2.42. The van der Waals surface area contributed by atoms with E-state index in [9.17, 15) is 4.79 Å². The average Bonchev–Trinajstić information content (AvgIpc) is 2.86. The topological polar surface area (TPSA) is 35.6 Å². The lowest BCUT2D eigenvalue weighted by Gasteiger charge is -2.32. The first-order valence-electron chi connectivity index (χ1n) is 8.98. The van der Waals surface area contributed by atoms with Crippen LogP contribution in [0.3, 0.4) is 0 Å². The molecule has 0 saturated carbocycles. The molecule has 1 aromatic carbocycles. The standard InChI is InChI=1S/C19H29N3O/c1-15(2)20-19(23)18(16-8-4-3-5-9-16)22-13-7-12-21-11-6-10-17(21)14-22/h3-5,8-9,15,17-18H,6-7,10-14H2,1-2H3,(H,20,23)/t17-,18+/m1/s1. The van der Waals surface area contributed by atoms with Gasteiger partial charge in [-0.1, -0.05) is 30.3 Å². The number of benzene rings is 1. The Labute approximate surface area is 139 Å². The molecule has 0 spiro atoms. The summed E-state index contributed by atoms with van der Waals surface area (Å²) in [6.45, 7) is 8.46. The van der Waals surface area contributed by atoms with Gasteiger partial charge < -0.3 is 5.32 Å². The van der Waals surface area contributed by atoms with Gasteiger partial charge in [0, 0.05) is 25.2 Å². The molecule has 2 atom stereocenters. The maximum absolute atomic E-state index is 12.9. The van der Waals surface area contributed by atoms with Crippen LogP contribution in [0.5, 0.6) is 0 Å². The quantitative estimate of drug-likeness (QED) is 0.927. The molecule has 1 amide bonds. The van der Waals surface area contributed by atoms with Crippen LogP contribution in [0, 0.1) is 0 Å². The monoisotopic (exact) mass is 315 g/mol. The van der Waals surface area contributed by atoms with Crippen LogP contribution in [0.4, 0.5) is 0 Å². The summed E-state index contributed by atoms with van der Waals surface area (Å²) >= 11 is 0. The van der Waals surface area contributed by atoms with E-state index in [4.69, 9.17) is 0 Å². The van der Waals surface area contributed by atoms with E-state index in [1.54, 1.807) is 0 Å². The van der Waals surface area contributed by atoms with Crippen molar-refractivity contribution in [1.82, 2.24) is 15.1 Å². The summed E-state index contributed by atoms with van der Waals surface area (Å²) in [6, 6.07) is 10.9. The molecule has 2 saturated heterocycles.